The summed E-state index contributed by atoms with van der Waals surface area (Å²) in [6.45, 7) is 5.53. The molecular formula is C7H12N4. The van der Waals surface area contributed by atoms with E-state index in [0.717, 1.165) is 5.82 Å². The zero-order valence-electron chi connectivity index (χ0n) is 6.97. The lowest BCUT2D eigenvalue weighted by atomic mass is 10.1. The van der Waals surface area contributed by atoms with Crippen LogP contribution in [0.25, 0.3) is 0 Å². The van der Waals surface area contributed by atoms with Gasteiger partial charge in [0.2, 0.25) is 0 Å². The molecule has 0 amide bonds. The van der Waals surface area contributed by atoms with Crippen LogP contribution in [0, 0.1) is 12.3 Å². The molecule has 0 aromatic carbocycles. The molecule has 0 saturated carbocycles. The van der Waals surface area contributed by atoms with E-state index in [0.29, 0.717) is 11.5 Å². The van der Waals surface area contributed by atoms with Gasteiger partial charge >= 0.3 is 0 Å². The van der Waals surface area contributed by atoms with Crippen LogP contribution < -0.4 is 0 Å². The van der Waals surface area contributed by atoms with Gasteiger partial charge in [0.1, 0.15) is 5.82 Å². The third kappa shape index (κ3) is 1.63. The number of rotatable bonds is 2. The van der Waals surface area contributed by atoms with Gasteiger partial charge in [-0.25, -0.2) is 4.98 Å². The minimum Gasteiger partial charge on any atom is -0.309 e. The second-order valence-electron chi connectivity index (χ2n) is 2.68. The van der Waals surface area contributed by atoms with E-state index in [2.05, 4.69) is 15.2 Å². The zero-order chi connectivity index (χ0) is 8.43. The summed E-state index contributed by atoms with van der Waals surface area (Å²) >= 11 is 0. The van der Waals surface area contributed by atoms with E-state index in [1.807, 2.05) is 13.8 Å². The van der Waals surface area contributed by atoms with Crippen LogP contribution in [0.1, 0.15) is 31.4 Å². The van der Waals surface area contributed by atoms with Gasteiger partial charge < -0.3 is 5.41 Å². The maximum absolute atomic E-state index is 7.35. The SMILES string of the molecule is CC(=N)C(C)c1n[nH]c(C)n1. The third-order valence-electron chi connectivity index (χ3n) is 1.65. The van der Waals surface area contributed by atoms with Gasteiger partial charge in [-0.2, -0.15) is 5.10 Å². The minimum absolute atomic E-state index is 0.0277. The summed E-state index contributed by atoms with van der Waals surface area (Å²) < 4.78 is 0. The quantitative estimate of drug-likeness (QED) is 0.626. The molecule has 0 bridgehead atoms. The fourth-order valence-electron chi connectivity index (χ4n) is 0.747. The highest BCUT2D eigenvalue weighted by Crippen LogP contribution is 2.10. The summed E-state index contributed by atoms with van der Waals surface area (Å²) in [4.78, 5) is 4.12. The van der Waals surface area contributed by atoms with Gasteiger partial charge in [0, 0.05) is 5.71 Å². The van der Waals surface area contributed by atoms with Crippen molar-refractivity contribution in [3.05, 3.63) is 11.6 Å². The van der Waals surface area contributed by atoms with Gasteiger partial charge in [0.05, 0.1) is 5.92 Å². The summed E-state index contributed by atoms with van der Waals surface area (Å²) in [7, 11) is 0. The van der Waals surface area contributed by atoms with Crippen molar-refractivity contribution in [2.24, 2.45) is 0 Å². The van der Waals surface area contributed by atoms with Gasteiger partial charge in [0.25, 0.3) is 0 Å². The molecule has 1 aromatic heterocycles. The molecule has 0 aliphatic rings. The maximum Gasteiger partial charge on any atom is 0.159 e. The molecule has 1 atom stereocenters. The van der Waals surface area contributed by atoms with Crippen molar-refractivity contribution >= 4 is 5.71 Å². The van der Waals surface area contributed by atoms with E-state index in [1.54, 1.807) is 6.92 Å². The van der Waals surface area contributed by atoms with Crippen molar-refractivity contribution in [1.29, 1.82) is 5.41 Å². The fourth-order valence-corrected chi connectivity index (χ4v) is 0.747. The Labute approximate surface area is 65.6 Å². The van der Waals surface area contributed by atoms with Crippen molar-refractivity contribution < 1.29 is 0 Å². The highest BCUT2D eigenvalue weighted by atomic mass is 15.2. The van der Waals surface area contributed by atoms with E-state index in [9.17, 15) is 0 Å². The lowest BCUT2D eigenvalue weighted by Gasteiger charge is -2.02. The molecule has 1 aromatic rings. The largest absolute Gasteiger partial charge is 0.309 e. The monoisotopic (exact) mass is 152 g/mol. The first-order valence-corrected chi connectivity index (χ1v) is 3.55. The molecule has 1 rings (SSSR count). The Morgan fingerprint density at radius 2 is 2.27 bits per heavy atom. The normalized spacial score (nSPS) is 13.0. The Balaban J connectivity index is 2.84. The zero-order valence-corrected chi connectivity index (χ0v) is 6.97. The second kappa shape index (κ2) is 2.82. The molecule has 0 aliphatic heterocycles. The van der Waals surface area contributed by atoms with Gasteiger partial charge in [-0.05, 0) is 20.8 Å². The molecule has 0 fully saturated rings. The molecule has 4 nitrogen and oxygen atoms in total. The molecule has 0 radical (unpaired) electrons. The average Bonchev–Trinajstić information content (AvgIpc) is 2.34. The number of aryl methyl sites for hydroxylation is 1. The first-order chi connectivity index (χ1) is 5.11. The van der Waals surface area contributed by atoms with E-state index < -0.39 is 0 Å². The van der Waals surface area contributed by atoms with Gasteiger partial charge in [-0.3, -0.25) is 5.10 Å². The number of aromatic amines is 1. The van der Waals surface area contributed by atoms with Crippen LogP contribution in [0.15, 0.2) is 0 Å². The number of H-pyrrole nitrogens is 1. The predicted molar refractivity (Wildman–Crippen MR) is 42.9 cm³/mol. The molecule has 4 heteroatoms. The van der Waals surface area contributed by atoms with Crippen molar-refractivity contribution in [2.75, 3.05) is 0 Å². The highest BCUT2D eigenvalue weighted by molar-refractivity contribution is 5.84. The first-order valence-electron chi connectivity index (χ1n) is 3.55. The lowest BCUT2D eigenvalue weighted by Crippen LogP contribution is -2.05. The smallest absolute Gasteiger partial charge is 0.159 e. The van der Waals surface area contributed by atoms with Crippen LogP contribution in [-0.4, -0.2) is 20.9 Å². The van der Waals surface area contributed by atoms with Crippen molar-refractivity contribution in [1.82, 2.24) is 15.2 Å². The maximum atomic E-state index is 7.35. The van der Waals surface area contributed by atoms with Crippen molar-refractivity contribution in [2.45, 2.75) is 26.7 Å². The van der Waals surface area contributed by atoms with Crippen LogP contribution in [0.5, 0.6) is 0 Å². The third-order valence-corrected chi connectivity index (χ3v) is 1.65. The molecule has 1 unspecified atom stereocenters. The predicted octanol–water partition coefficient (Wildman–Crippen LogP) is 1.26. The Bertz CT molecular complexity index is 263. The highest BCUT2D eigenvalue weighted by Gasteiger charge is 2.11. The summed E-state index contributed by atoms with van der Waals surface area (Å²) in [6.07, 6.45) is 0. The van der Waals surface area contributed by atoms with Crippen molar-refractivity contribution in [3.8, 4) is 0 Å². The van der Waals surface area contributed by atoms with E-state index in [1.165, 1.54) is 0 Å². The number of hydrogen-bond donors (Lipinski definition) is 2. The number of hydrogen-bond acceptors (Lipinski definition) is 3. The minimum atomic E-state index is 0.0277. The summed E-state index contributed by atoms with van der Waals surface area (Å²) in [5.74, 6) is 1.53. The average molecular weight is 152 g/mol. The van der Waals surface area contributed by atoms with Crippen molar-refractivity contribution in [3.63, 3.8) is 0 Å². The van der Waals surface area contributed by atoms with Gasteiger partial charge in [-0.1, -0.05) is 0 Å². The molecular weight excluding hydrogens is 140 g/mol. The van der Waals surface area contributed by atoms with Gasteiger partial charge in [0.15, 0.2) is 5.82 Å². The second-order valence-corrected chi connectivity index (χ2v) is 2.68. The van der Waals surface area contributed by atoms with Gasteiger partial charge in [-0.15, -0.1) is 0 Å². The molecule has 60 valence electrons. The molecule has 2 N–H and O–H groups in total. The van der Waals surface area contributed by atoms with Crippen LogP contribution >= 0.6 is 0 Å². The van der Waals surface area contributed by atoms with E-state index in [4.69, 9.17) is 5.41 Å². The number of nitrogens with zero attached hydrogens (tertiary/aromatic N) is 2. The Morgan fingerprint density at radius 1 is 1.64 bits per heavy atom. The van der Waals surface area contributed by atoms with Crippen LogP contribution in [0.2, 0.25) is 0 Å². The Morgan fingerprint density at radius 3 is 2.64 bits per heavy atom. The molecule has 0 spiro atoms. The topological polar surface area (TPSA) is 65.4 Å². The number of aromatic nitrogens is 3. The fraction of sp³-hybridized carbons (Fsp3) is 0.571. The Hall–Kier alpha value is -1.19. The summed E-state index contributed by atoms with van der Waals surface area (Å²) in [5, 5.41) is 14.1. The first kappa shape index (κ1) is 7.91. The molecule has 0 saturated heterocycles. The van der Waals surface area contributed by atoms with E-state index >= 15 is 0 Å². The van der Waals surface area contributed by atoms with Crippen LogP contribution in [0.4, 0.5) is 0 Å². The van der Waals surface area contributed by atoms with Crippen LogP contribution in [0.3, 0.4) is 0 Å². The van der Waals surface area contributed by atoms with E-state index in [-0.39, 0.29) is 5.92 Å². The molecule has 0 aliphatic carbocycles. The molecule has 11 heavy (non-hydrogen) atoms. The summed E-state index contributed by atoms with van der Waals surface area (Å²) in [5.41, 5.74) is 0.587. The summed E-state index contributed by atoms with van der Waals surface area (Å²) in [6, 6.07) is 0. The Kier molecular flexibility index (Phi) is 2.03. The van der Waals surface area contributed by atoms with Crippen LogP contribution in [-0.2, 0) is 0 Å². The number of nitrogens with one attached hydrogen (secondary N) is 2. The molecule has 1 heterocycles. The lowest BCUT2D eigenvalue weighted by molar-refractivity contribution is 0.875. The standard InChI is InChI=1S/C7H12N4/c1-4(5(2)8)7-9-6(3)10-11-7/h4,8H,1-3H3,(H,9,10,11).